The molecule has 1 unspecified atom stereocenters. The van der Waals surface area contributed by atoms with Gasteiger partial charge >= 0.3 is 0 Å². The SMILES string of the molecule is CCNc1c(F)cc(C(=O)N2CCN(C)CC2C)cc1F. The molecule has 116 valence electrons. The van der Waals surface area contributed by atoms with Crippen molar-refractivity contribution in [3.63, 3.8) is 0 Å². The van der Waals surface area contributed by atoms with E-state index < -0.39 is 11.6 Å². The third-order valence-electron chi connectivity index (χ3n) is 3.73. The van der Waals surface area contributed by atoms with Crippen LogP contribution in [0.4, 0.5) is 14.5 Å². The molecule has 1 fully saturated rings. The summed E-state index contributed by atoms with van der Waals surface area (Å²) in [4.78, 5) is 16.2. The van der Waals surface area contributed by atoms with Crippen molar-refractivity contribution in [3.8, 4) is 0 Å². The zero-order valence-electron chi connectivity index (χ0n) is 12.6. The lowest BCUT2D eigenvalue weighted by Crippen LogP contribution is -2.52. The molecule has 1 saturated heterocycles. The van der Waals surface area contributed by atoms with Crippen molar-refractivity contribution in [1.82, 2.24) is 9.80 Å². The van der Waals surface area contributed by atoms with Crippen molar-refractivity contribution < 1.29 is 13.6 Å². The zero-order chi connectivity index (χ0) is 15.6. The first-order valence-electron chi connectivity index (χ1n) is 7.16. The van der Waals surface area contributed by atoms with Crippen molar-refractivity contribution in [3.05, 3.63) is 29.3 Å². The van der Waals surface area contributed by atoms with Gasteiger partial charge in [-0.1, -0.05) is 0 Å². The molecular formula is C15H21F2N3O. The molecule has 0 aliphatic carbocycles. The van der Waals surface area contributed by atoms with E-state index in [0.717, 1.165) is 25.2 Å². The molecule has 1 heterocycles. The number of hydrogen-bond acceptors (Lipinski definition) is 3. The molecule has 0 bridgehead atoms. The Morgan fingerprint density at radius 3 is 2.48 bits per heavy atom. The monoisotopic (exact) mass is 297 g/mol. The van der Waals surface area contributed by atoms with Crippen LogP contribution in [0.15, 0.2) is 12.1 Å². The largest absolute Gasteiger partial charge is 0.381 e. The minimum Gasteiger partial charge on any atom is -0.381 e. The molecule has 2 rings (SSSR count). The fraction of sp³-hybridized carbons (Fsp3) is 0.533. The summed E-state index contributed by atoms with van der Waals surface area (Å²) in [7, 11) is 1.99. The molecule has 1 aromatic rings. The van der Waals surface area contributed by atoms with Crippen LogP contribution >= 0.6 is 0 Å². The Kier molecular flexibility index (Phi) is 4.77. The van der Waals surface area contributed by atoms with E-state index in [-0.39, 0.29) is 23.2 Å². The number of nitrogens with one attached hydrogen (secondary N) is 1. The van der Waals surface area contributed by atoms with Crippen LogP contribution in [0.1, 0.15) is 24.2 Å². The van der Waals surface area contributed by atoms with Crippen molar-refractivity contribution in [2.24, 2.45) is 0 Å². The zero-order valence-corrected chi connectivity index (χ0v) is 12.6. The van der Waals surface area contributed by atoms with Gasteiger partial charge in [-0.3, -0.25) is 4.79 Å². The summed E-state index contributed by atoms with van der Waals surface area (Å²) in [6.45, 7) is 6.19. The summed E-state index contributed by atoms with van der Waals surface area (Å²) in [5.41, 5.74) is -0.122. The highest BCUT2D eigenvalue weighted by atomic mass is 19.1. The number of carbonyl (C=O) groups is 1. The highest BCUT2D eigenvalue weighted by Crippen LogP contribution is 2.22. The maximum atomic E-state index is 13.9. The number of anilines is 1. The van der Waals surface area contributed by atoms with Gasteiger partial charge in [-0.2, -0.15) is 0 Å². The number of halogens is 2. The van der Waals surface area contributed by atoms with Gasteiger partial charge in [0, 0.05) is 37.8 Å². The van der Waals surface area contributed by atoms with E-state index in [1.54, 1.807) is 11.8 Å². The lowest BCUT2D eigenvalue weighted by Gasteiger charge is -2.38. The molecular weight excluding hydrogens is 276 g/mol. The molecule has 0 spiro atoms. The van der Waals surface area contributed by atoms with Gasteiger partial charge in [0.25, 0.3) is 5.91 Å². The van der Waals surface area contributed by atoms with Crippen molar-refractivity contribution in [1.29, 1.82) is 0 Å². The minimum absolute atomic E-state index is 0.0239. The Bertz CT molecular complexity index is 513. The Hall–Kier alpha value is -1.69. The molecule has 0 saturated carbocycles. The maximum Gasteiger partial charge on any atom is 0.254 e. The summed E-state index contributed by atoms with van der Waals surface area (Å²) < 4.78 is 27.8. The number of carbonyl (C=O) groups excluding carboxylic acids is 1. The van der Waals surface area contributed by atoms with Gasteiger partial charge in [0.1, 0.15) is 17.3 Å². The third-order valence-corrected chi connectivity index (χ3v) is 3.73. The normalized spacial score (nSPS) is 19.7. The number of likely N-dealkylation sites (N-methyl/N-ethyl adjacent to an activating group) is 1. The second-order valence-corrected chi connectivity index (χ2v) is 5.46. The summed E-state index contributed by atoms with van der Waals surface area (Å²) in [5, 5.41) is 2.62. The van der Waals surface area contributed by atoms with Crippen LogP contribution in [0.5, 0.6) is 0 Å². The minimum atomic E-state index is -0.734. The lowest BCUT2D eigenvalue weighted by molar-refractivity contribution is 0.0532. The number of hydrogen-bond donors (Lipinski definition) is 1. The predicted molar refractivity (Wildman–Crippen MR) is 78.5 cm³/mol. The van der Waals surface area contributed by atoms with E-state index in [1.165, 1.54) is 0 Å². The van der Waals surface area contributed by atoms with Gasteiger partial charge in [0.15, 0.2) is 0 Å². The van der Waals surface area contributed by atoms with Crippen molar-refractivity contribution in [2.75, 3.05) is 38.5 Å². The van der Waals surface area contributed by atoms with Crippen LogP contribution in [-0.4, -0.2) is 55.0 Å². The van der Waals surface area contributed by atoms with E-state index in [2.05, 4.69) is 10.2 Å². The van der Waals surface area contributed by atoms with Crippen LogP contribution in [0, 0.1) is 11.6 Å². The number of nitrogens with zero attached hydrogens (tertiary/aromatic N) is 2. The molecule has 1 aliphatic rings. The number of amides is 1. The first-order chi connectivity index (χ1) is 9.93. The number of benzene rings is 1. The summed E-state index contributed by atoms with van der Waals surface area (Å²) in [6.07, 6.45) is 0. The fourth-order valence-corrected chi connectivity index (χ4v) is 2.65. The Labute approximate surface area is 123 Å². The number of piperazine rings is 1. The van der Waals surface area contributed by atoms with Gasteiger partial charge in [0.2, 0.25) is 0 Å². The highest BCUT2D eigenvalue weighted by molar-refractivity contribution is 5.95. The van der Waals surface area contributed by atoms with E-state index in [4.69, 9.17) is 0 Å². The molecule has 0 aromatic heterocycles. The lowest BCUT2D eigenvalue weighted by atomic mass is 10.1. The second kappa shape index (κ2) is 6.39. The second-order valence-electron chi connectivity index (χ2n) is 5.46. The summed E-state index contributed by atoms with van der Waals surface area (Å²) in [6, 6.07) is 2.24. The highest BCUT2D eigenvalue weighted by Gasteiger charge is 2.27. The third kappa shape index (κ3) is 3.32. The van der Waals surface area contributed by atoms with Crippen LogP contribution in [0.3, 0.4) is 0 Å². The predicted octanol–water partition coefficient (Wildman–Crippen LogP) is 2.17. The van der Waals surface area contributed by atoms with Crippen molar-refractivity contribution in [2.45, 2.75) is 19.9 Å². The Balaban J connectivity index is 2.23. The first-order valence-corrected chi connectivity index (χ1v) is 7.16. The smallest absolute Gasteiger partial charge is 0.254 e. The van der Waals surface area contributed by atoms with Gasteiger partial charge in [0.05, 0.1) is 0 Å². The van der Waals surface area contributed by atoms with E-state index in [0.29, 0.717) is 13.1 Å². The fourth-order valence-electron chi connectivity index (χ4n) is 2.65. The average molecular weight is 297 g/mol. The molecule has 0 radical (unpaired) electrons. The van der Waals surface area contributed by atoms with Gasteiger partial charge in [-0.25, -0.2) is 8.78 Å². The maximum absolute atomic E-state index is 13.9. The van der Waals surface area contributed by atoms with Crippen LogP contribution in [0.2, 0.25) is 0 Å². The molecule has 1 aliphatic heterocycles. The molecule has 21 heavy (non-hydrogen) atoms. The Morgan fingerprint density at radius 2 is 1.95 bits per heavy atom. The molecule has 1 amide bonds. The molecule has 1 aromatic carbocycles. The molecule has 6 heteroatoms. The van der Waals surface area contributed by atoms with Crippen molar-refractivity contribution >= 4 is 11.6 Å². The van der Waals surface area contributed by atoms with E-state index in [9.17, 15) is 13.6 Å². The average Bonchev–Trinajstić information content (AvgIpc) is 2.42. The van der Waals surface area contributed by atoms with Gasteiger partial charge < -0.3 is 15.1 Å². The first kappa shape index (κ1) is 15.7. The molecule has 4 nitrogen and oxygen atoms in total. The Morgan fingerprint density at radius 1 is 1.33 bits per heavy atom. The van der Waals surface area contributed by atoms with Gasteiger partial charge in [-0.05, 0) is 33.0 Å². The summed E-state index contributed by atoms with van der Waals surface area (Å²) in [5.74, 6) is -1.79. The molecule has 1 atom stereocenters. The van der Waals surface area contributed by atoms with E-state index in [1.807, 2.05) is 14.0 Å². The van der Waals surface area contributed by atoms with Crippen LogP contribution in [0.25, 0.3) is 0 Å². The van der Waals surface area contributed by atoms with Gasteiger partial charge in [-0.15, -0.1) is 0 Å². The molecule has 1 N–H and O–H groups in total. The summed E-state index contributed by atoms with van der Waals surface area (Å²) >= 11 is 0. The number of rotatable bonds is 3. The standard InChI is InChI=1S/C15H21F2N3O/c1-4-18-14-12(16)7-11(8-13(14)17)15(21)20-6-5-19(3)9-10(20)2/h7-8,10,18H,4-6,9H2,1-3H3. The quantitative estimate of drug-likeness (QED) is 0.929. The van der Waals surface area contributed by atoms with Crippen LogP contribution < -0.4 is 5.32 Å². The van der Waals surface area contributed by atoms with E-state index >= 15 is 0 Å². The topological polar surface area (TPSA) is 35.6 Å². The van der Waals surface area contributed by atoms with Crippen LogP contribution in [-0.2, 0) is 0 Å².